The standard InChI is InChI=1S/C18H19F3N4O2/c19-18(20,21)16-3-2-11(8-22-16)17(27)24-9-12-6-14(25-5-1-4-23-25)15(26)7-13(12)10-24/h1-5,8,12-15,26H,6-7,9-10H2/t12-,13+,14-,15-/m1/s1. The highest BCUT2D eigenvalue weighted by Gasteiger charge is 2.44. The number of rotatable bonds is 2. The maximum atomic E-state index is 12.7. The third kappa shape index (κ3) is 3.43. The number of aliphatic hydroxyl groups excluding tert-OH is 1. The molecule has 6 nitrogen and oxygen atoms in total. The van der Waals surface area contributed by atoms with Gasteiger partial charge in [-0.1, -0.05) is 0 Å². The monoisotopic (exact) mass is 380 g/mol. The van der Waals surface area contributed by atoms with Crippen molar-refractivity contribution in [2.24, 2.45) is 11.8 Å². The second-order valence-electron chi connectivity index (χ2n) is 7.25. The van der Waals surface area contributed by atoms with Crippen LogP contribution in [0.25, 0.3) is 0 Å². The lowest BCUT2D eigenvalue weighted by molar-refractivity contribution is -0.141. The second-order valence-corrected chi connectivity index (χ2v) is 7.25. The molecule has 1 saturated carbocycles. The van der Waals surface area contributed by atoms with Crippen molar-refractivity contribution < 1.29 is 23.1 Å². The molecule has 2 aliphatic rings. The van der Waals surface area contributed by atoms with Gasteiger partial charge in [-0.05, 0) is 42.9 Å². The molecule has 0 spiro atoms. The van der Waals surface area contributed by atoms with Crippen LogP contribution in [0.5, 0.6) is 0 Å². The third-order valence-electron chi connectivity index (χ3n) is 5.56. The lowest BCUT2D eigenvalue weighted by Gasteiger charge is -2.35. The Balaban J connectivity index is 1.45. The average Bonchev–Trinajstić information content (AvgIpc) is 3.29. The maximum Gasteiger partial charge on any atom is 0.433 e. The molecular weight excluding hydrogens is 361 g/mol. The molecule has 1 amide bonds. The minimum atomic E-state index is -4.53. The Kier molecular flexibility index (Phi) is 4.41. The summed E-state index contributed by atoms with van der Waals surface area (Å²) in [6.45, 7) is 1.02. The lowest BCUT2D eigenvalue weighted by atomic mass is 9.77. The van der Waals surface area contributed by atoms with Crippen molar-refractivity contribution in [2.45, 2.75) is 31.2 Å². The van der Waals surface area contributed by atoms with Gasteiger partial charge >= 0.3 is 6.18 Å². The molecule has 1 saturated heterocycles. The molecule has 9 heteroatoms. The Labute approximate surface area is 153 Å². The molecule has 4 atom stereocenters. The van der Waals surface area contributed by atoms with Crippen LogP contribution in [0.15, 0.2) is 36.8 Å². The SMILES string of the molecule is O=C(c1ccc(C(F)(F)F)nc1)N1C[C@H]2C[C@@H](n3cccn3)[C@H](O)C[C@H]2C1. The van der Waals surface area contributed by atoms with Crippen LogP contribution < -0.4 is 0 Å². The zero-order chi connectivity index (χ0) is 19.2. The Morgan fingerprint density at radius 1 is 1.19 bits per heavy atom. The summed E-state index contributed by atoms with van der Waals surface area (Å²) in [5, 5.41) is 14.7. The molecule has 0 unspecified atom stereocenters. The number of hydrogen-bond acceptors (Lipinski definition) is 4. The average molecular weight is 380 g/mol. The van der Waals surface area contributed by atoms with Crippen molar-refractivity contribution in [3.63, 3.8) is 0 Å². The molecule has 1 aliphatic carbocycles. The Morgan fingerprint density at radius 2 is 1.93 bits per heavy atom. The molecule has 2 fully saturated rings. The normalized spacial score (nSPS) is 28.2. The van der Waals surface area contributed by atoms with E-state index in [0.717, 1.165) is 12.3 Å². The van der Waals surface area contributed by atoms with E-state index in [1.807, 2.05) is 6.20 Å². The number of aromatic nitrogens is 3. The summed E-state index contributed by atoms with van der Waals surface area (Å²) in [6.07, 6.45) is 0.693. The van der Waals surface area contributed by atoms with Gasteiger partial charge in [0.15, 0.2) is 0 Å². The predicted molar refractivity (Wildman–Crippen MR) is 88.6 cm³/mol. The minimum absolute atomic E-state index is 0.121. The maximum absolute atomic E-state index is 12.7. The second kappa shape index (κ2) is 6.63. The number of likely N-dealkylation sites (tertiary alicyclic amines) is 1. The van der Waals surface area contributed by atoms with Gasteiger partial charge in [-0.3, -0.25) is 14.5 Å². The highest BCUT2D eigenvalue weighted by atomic mass is 19.4. The highest BCUT2D eigenvalue weighted by molar-refractivity contribution is 5.94. The van der Waals surface area contributed by atoms with Gasteiger partial charge in [0.2, 0.25) is 0 Å². The zero-order valence-electron chi connectivity index (χ0n) is 14.4. The molecule has 2 aromatic heterocycles. The third-order valence-corrected chi connectivity index (χ3v) is 5.56. The summed E-state index contributed by atoms with van der Waals surface area (Å²) in [5.74, 6) is 0.0860. The summed E-state index contributed by atoms with van der Waals surface area (Å²) < 4.78 is 39.6. The molecule has 4 rings (SSSR count). The number of aliphatic hydroxyl groups is 1. The molecule has 3 heterocycles. The van der Waals surface area contributed by atoms with Gasteiger partial charge in [0, 0.05) is 31.7 Å². The zero-order valence-corrected chi connectivity index (χ0v) is 14.4. The number of nitrogens with zero attached hydrogens (tertiary/aromatic N) is 4. The molecule has 0 radical (unpaired) electrons. The summed E-state index contributed by atoms with van der Waals surface area (Å²) >= 11 is 0. The van der Waals surface area contributed by atoms with E-state index in [4.69, 9.17) is 0 Å². The van der Waals surface area contributed by atoms with Crippen LogP contribution in [0.2, 0.25) is 0 Å². The number of hydrogen-bond donors (Lipinski definition) is 1. The molecule has 144 valence electrons. The van der Waals surface area contributed by atoms with Crippen molar-refractivity contribution in [3.8, 4) is 0 Å². The first-order valence-corrected chi connectivity index (χ1v) is 8.82. The molecule has 27 heavy (non-hydrogen) atoms. The van der Waals surface area contributed by atoms with Gasteiger partial charge in [-0.15, -0.1) is 0 Å². The van der Waals surface area contributed by atoms with E-state index >= 15 is 0 Å². The van der Waals surface area contributed by atoms with Crippen molar-refractivity contribution in [2.75, 3.05) is 13.1 Å². The van der Waals surface area contributed by atoms with Crippen molar-refractivity contribution >= 4 is 5.91 Å². The number of pyridine rings is 1. The molecule has 1 aliphatic heterocycles. The van der Waals surface area contributed by atoms with Gasteiger partial charge in [-0.25, -0.2) is 0 Å². The van der Waals surface area contributed by atoms with E-state index in [0.29, 0.717) is 25.9 Å². The summed E-state index contributed by atoms with van der Waals surface area (Å²) in [7, 11) is 0. The van der Waals surface area contributed by atoms with Crippen LogP contribution in [0.3, 0.4) is 0 Å². The summed E-state index contributed by atoms with van der Waals surface area (Å²) in [6, 6.07) is 3.68. The minimum Gasteiger partial charge on any atom is -0.391 e. The van der Waals surface area contributed by atoms with Crippen LogP contribution in [0.4, 0.5) is 13.2 Å². The highest BCUT2D eigenvalue weighted by Crippen LogP contribution is 2.41. The van der Waals surface area contributed by atoms with Gasteiger partial charge in [0.05, 0.1) is 17.7 Å². The molecule has 0 aromatic carbocycles. The van der Waals surface area contributed by atoms with Crippen LogP contribution in [0, 0.1) is 11.8 Å². The first-order chi connectivity index (χ1) is 12.8. The van der Waals surface area contributed by atoms with Crippen LogP contribution in [-0.2, 0) is 6.18 Å². The number of carbonyl (C=O) groups excluding carboxylic acids is 1. The topological polar surface area (TPSA) is 71.2 Å². The number of carbonyl (C=O) groups is 1. The number of halogens is 3. The van der Waals surface area contributed by atoms with Gasteiger partial charge < -0.3 is 10.0 Å². The quantitative estimate of drug-likeness (QED) is 0.869. The van der Waals surface area contributed by atoms with Gasteiger partial charge in [0.25, 0.3) is 5.91 Å². The van der Waals surface area contributed by atoms with E-state index < -0.39 is 18.0 Å². The van der Waals surface area contributed by atoms with E-state index in [2.05, 4.69) is 10.1 Å². The number of amides is 1. The number of fused-ring (bicyclic) bond motifs is 1. The van der Waals surface area contributed by atoms with Crippen molar-refractivity contribution in [1.29, 1.82) is 0 Å². The fourth-order valence-electron chi connectivity index (χ4n) is 4.20. The fraction of sp³-hybridized carbons (Fsp3) is 0.500. The van der Waals surface area contributed by atoms with E-state index in [-0.39, 0.29) is 29.3 Å². The first kappa shape index (κ1) is 18.0. The Bertz CT molecular complexity index is 807. The lowest BCUT2D eigenvalue weighted by Crippen LogP contribution is -2.36. The summed E-state index contributed by atoms with van der Waals surface area (Å²) in [5.41, 5.74) is -0.870. The smallest absolute Gasteiger partial charge is 0.391 e. The predicted octanol–water partition coefficient (Wildman–Crippen LogP) is 2.38. The largest absolute Gasteiger partial charge is 0.433 e. The molecule has 2 aromatic rings. The Morgan fingerprint density at radius 3 is 2.52 bits per heavy atom. The summed E-state index contributed by atoms with van der Waals surface area (Å²) in [4.78, 5) is 17.7. The van der Waals surface area contributed by atoms with Crippen LogP contribution in [-0.4, -0.2) is 49.9 Å². The van der Waals surface area contributed by atoms with Crippen molar-refractivity contribution in [1.82, 2.24) is 19.7 Å². The van der Waals surface area contributed by atoms with Crippen LogP contribution >= 0.6 is 0 Å². The van der Waals surface area contributed by atoms with Crippen LogP contribution in [0.1, 0.15) is 34.9 Å². The van der Waals surface area contributed by atoms with E-state index in [1.54, 1.807) is 21.8 Å². The number of alkyl halides is 3. The van der Waals surface area contributed by atoms with E-state index in [1.165, 1.54) is 6.07 Å². The first-order valence-electron chi connectivity index (χ1n) is 8.82. The fourth-order valence-corrected chi connectivity index (χ4v) is 4.20. The van der Waals surface area contributed by atoms with Gasteiger partial charge in [0.1, 0.15) is 5.69 Å². The Hall–Kier alpha value is -2.42. The van der Waals surface area contributed by atoms with Crippen molar-refractivity contribution in [3.05, 3.63) is 48.0 Å². The van der Waals surface area contributed by atoms with Gasteiger partial charge in [-0.2, -0.15) is 18.3 Å². The molecule has 0 bridgehead atoms. The van der Waals surface area contributed by atoms with E-state index in [9.17, 15) is 23.1 Å². The molecule has 1 N–H and O–H groups in total. The molecular formula is C18H19F3N4O2.